The standard InChI is InChI=1S/C20H23Cl2N5O3S/c1-3-15-23-19-27(24-15)18(28)17(31-19)16(12-5-6-13(21)14(22)11-12)25-7-9-26(10-8-25)20(29)30-4-2/h5-6,11,16-17H,3-4,7-10H2,1-2H3. The summed E-state index contributed by atoms with van der Waals surface area (Å²) >= 11 is 13.9. The first-order valence-corrected chi connectivity index (χ1v) is 11.8. The van der Waals surface area contributed by atoms with E-state index in [-0.39, 0.29) is 18.0 Å². The van der Waals surface area contributed by atoms with Crippen LogP contribution in [0.1, 0.15) is 36.1 Å². The van der Waals surface area contributed by atoms with Crippen molar-refractivity contribution in [2.45, 2.75) is 36.7 Å². The van der Waals surface area contributed by atoms with Crippen LogP contribution in [0.15, 0.2) is 23.4 Å². The van der Waals surface area contributed by atoms with Crippen molar-refractivity contribution in [2.75, 3.05) is 32.8 Å². The van der Waals surface area contributed by atoms with E-state index >= 15 is 0 Å². The molecule has 2 unspecified atom stereocenters. The van der Waals surface area contributed by atoms with Gasteiger partial charge < -0.3 is 9.64 Å². The Morgan fingerprint density at radius 2 is 1.97 bits per heavy atom. The number of hydrogen-bond donors (Lipinski definition) is 0. The maximum atomic E-state index is 13.3. The number of hydrogen-bond acceptors (Lipinski definition) is 7. The molecule has 2 aliphatic heterocycles. The number of carbonyl (C=O) groups excluding carboxylic acids is 2. The molecule has 8 nitrogen and oxygen atoms in total. The summed E-state index contributed by atoms with van der Waals surface area (Å²) in [4.78, 5) is 33.7. The van der Waals surface area contributed by atoms with Crippen LogP contribution in [0.3, 0.4) is 0 Å². The Kier molecular flexibility index (Phi) is 6.76. The van der Waals surface area contributed by atoms with Gasteiger partial charge in [-0.3, -0.25) is 9.69 Å². The van der Waals surface area contributed by atoms with Crippen LogP contribution in [0.4, 0.5) is 4.79 Å². The third-order valence-corrected chi connectivity index (χ3v) is 7.36. The highest BCUT2D eigenvalue weighted by Gasteiger charge is 2.44. The van der Waals surface area contributed by atoms with Gasteiger partial charge in [0.2, 0.25) is 0 Å². The molecule has 11 heteroatoms. The van der Waals surface area contributed by atoms with Crippen LogP contribution >= 0.6 is 35.0 Å². The van der Waals surface area contributed by atoms with Gasteiger partial charge >= 0.3 is 6.09 Å². The van der Waals surface area contributed by atoms with E-state index in [1.807, 2.05) is 19.1 Å². The number of aryl methyl sites for hydroxylation is 1. The molecule has 3 heterocycles. The Balaban J connectivity index is 1.60. The molecule has 166 valence electrons. The molecule has 0 bridgehead atoms. The normalized spacial score (nSPS) is 20.1. The van der Waals surface area contributed by atoms with Gasteiger partial charge in [0.05, 0.1) is 22.7 Å². The van der Waals surface area contributed by atoms with Crippen molar-refractivity contribution < 1.29 is 14.3 Å². The minimum atomic E-state index is -0.424. The summed E-state index contributed by atoms with van der Waals surface area (Å²) in [6, 6.07) is 5.20. The average molecular weight is 484 g/mol. The Morgan fingerprint density at radius 3 is 2.58 bits per heavy atom. The van der Waals surface area contributed by atoms with Crippen molar-refractivity contribution in [2.24, 2.45) is 0 Å². The maximum absolute atomic E-state index is 13.3. The summed E-state index contributed by atoms with van der Waals surface area (Å²) in [7, 11) is 0. The predicted octanol–water partition coefficient (Wildman–Crippen LogP) is 3.78. The number of ether oxygens (including phenoxy) is 1. The molecule has 0 aliphatic carbocycles. The molecule has 1 aromatic heterocycles. The first-order chi connectivity index (χ1) is 14.9. The third-order valence-electron chi connectivity index (χ3n) is 5.43. The minimum Gasteiger partial charge on any atom is -0.450 e. The monoisotopic (exact) mass is 483 g/mol. The van der Waals surface area contributed by atoms with Crippen molar-refractivity contribution in [1.82, 2.24) is 24.6 Å². The van der Waals surface area contributed by atoms with Crippen LogP contribution in [-0.2, 0) is 11.2 Å². The number of rotatable bonds is 5. The highest BCUT2D eigenvalue weighted by Crippen LogP contribution is 2.42. The predicted molar refractivity (Wildman–Crippen MR) is 119 cm³/mol. The van der Waals surface area contributed by atoms with E-state index in [9.17, 15) is 9.59 Å². The second kappa shape index (κ2) is 9.36. The number of halogens is 2. The van der Waals surface area contributed by atoms with Crippen LogP contribution in [0.5, 0.6) is 0 Å². The van der Waals surface area contributed by atoms with Gasteiger partial charge in [0.15, 0.2) is 11.0 Å². The van der Waals surface area contributed by atoms with Crippen LogP contribution in [-0.4, -0.2) is 74.6 Å². The highest BCUT2D eigenvalue weighted by atomic mass is 35.5. The zero-order valence-corrected chi connectivity index (χ0v) is 19.6. The molecular weight excluding hydrogens is 461 g/mol. The summed E-state index contributed by atoms with van der Waals surface area (Å²) in [6.45, 7) is 6.33. The summed E-state index contributed by atoms with van der Waals surface area (Å²) in [6.07, 6.45) is 0.362. The zero-order chi connectivity index (χ0) is 22.1. The smallest absolute Gasteiger partial charge is 0.409 e. The van der Waals surface area contributed by atoms with Crippen molar-refractivity contribution in [3.63, 3.8) is 0 Å². The number of benzene rings is 1. The van der Waals surface area contributed by atoms with E-state index in [0.717, 1.165) is 5.56 Å². The molecule has 1 aromatic carbocycles. The quantitative estimate of drug-likeness (QED) is 0.639. The summed E-state index contributed by atoms with van der Waals surface area (Å²) in [5.41, 5.74) is 0.895. The fourth-order valence-corrected chi connectivity index (χ4v) is 5.44. The fourth-order valence-electron chi connectivity index (χ4n) is 3.86. The molecule has 4 rings (SSSR count). The first kappa shape index (κ1) is 22.4. The van der Waals surface area contributed by atoms with Crippen LogP contribution in [0.25, 0.3) is 0 Å². The number of carbonyl (C=O) groups is 2. The van der Waals surface area contributed by atoms with Crippen molar-refractivity contribution >= 4 is 47.0 Å². The van der Waals surface area contributed by atoms with E-state index in [1.165, 1.54) is 16.4 Å². The Hall–Kier alpha value is -1.81. The lowest BCUT2D eigenvalue weighted by molar-refractivity contribution is 0.0600. The van der Waals surface area contributed by atoms with Gasteiger partial charge in [0.1, 0.15) is 5.25 Å². The molecule has 0 radical (unpaired) electrons. The molecule has 1 fully saturated rings. The molecule has 1 amide bonds. The number of piperazine rings is 1. The largest absolute Gasteiger partial charge is 0.450 e. The van der Waals surface area contributed by atoms with Crippen LogP contribution in [0.2, 0.25) is 10.0 Å². The van der Waals surface area contributed by atoms with Gasteiger partial charge in [0, 0.05) is 32.6 Å². The van der Waals surface area contributed by atoms with Gasteiger partial charge in [-0.05, 0) is 24.6 Å². The number of aromatic nitrogens is 3. The first-order valence-electron chi connectivity index (χ1n) is 10.2. The number of amides is 1. The fraction of sp³-hybridized carbons (Fsp3) is 0.500. The lowest BCUT2D eigenvalue weighted by Crippen LogP contribution is -2.52. The summed E-state index contributed by atoms with van der Waals surface area (Å²) < 4.78 is 6.53. The van der Waals surface area contributed by atoms with Crippen molar-refractivity contribution in [3.05, 3.63) is 39.6 Å². The lowest BCUT2D eigenvalue weighted by atomic mass is 10.00. The van der Waals surface area contributed by atoms with Crippen molar-refractivity contribution in [1.29, 1.82) is 0 Å². The molecule has 0 saturated carbocycles. The van der Waals surface area contributed by atoms with Crippen LogP contribution in [0, 0.1) is 0 Å². The molecule has 1 saturated heterocycles. The maximum Gasteiger partial charge on any atom is 0.409 e. The number of thioether (sulfide) groups is 1. The molecule has 31 heavy (non-hydrogen) atoms. The second-order valence-corrected chi connectivity index (χ2v) is 9.22. The molecule has 2 aromatic rings. The zero-order valence-electron chi connectivity index (χ0n) is 17.3. The number of nitrogens with zero attached hydrogens (tertiary/aromatic N) is 5. The molecule has 0 N–H and O–H groups in total. The van der Waals surface area contributed by atoms with Gasteiger partial charge in [-0.15, -0.1) is 5.10 Å². The third kappa shape index (κ3) is 4.41. The summed E-state index contributed by atoms with van der Waals surface area (Å²) in [5.74, 6) is 0.555. The van der Waals surface area contributed by atoms with Gasteiger partial charge in [-0.1, -0.05) is 48.0 Å². The Labute approximate surface area is 194 Å². The Bertz CT molecular complexity index is 993. The number of fused-ring (bicyclic) bond motifs is 1. The minimum absolute atomic E-state index is 0.101. The average Bonchev–Trinajstić information content (AvgIpc) is 3.31. The summed E-state index contributed by atoms with van der Waals surface area (Å²) in [5, 5.41) is 5.44. The van der Waals surface area contributed by atoms with E-state index in [0.29, 0.717) is 60.2 Å². The van der Waals surface area contributed by atoms with Gasteiger partial charge in [-0.2, -0.15) is 4.68 Å². The van der Waals surface area contributed by atoms with Crippen LogP contribution < -0.4 is 0 Å². The topological polar surface area (TPSA) is 80.6 Å². The van der Waals surface area contributed by atoms with E-state index < -0.39 is 5.25 Å². The van der Waals surface area contributed by atoms with E-state index in [2.05, 4.69) is 15.0 Å². The molecule has 2 aliphatic rings. The molecular formula is C20H23Cl2N5O3S. The molecule has 2 atom stereocenters. The lowest BCUT2D eigenvalue weighted by Gasteiger charge is -2.40. The SMILES string of the molecule is CCOC(=O)N1CCN(C(c2ccc(Cl)c(Cl)c2)C2Sc3nc(CC)nn3C2=O)CC1. The molecule has 0 spiro atoms. The Morgan fingerprint density at radius 1 is 1.23 bits per heavy atom. The van der Waals surface area contributed by atoms with E-state index in [1.54, 1.807) is 17.9 Å². The van der Waals surface area contributed by atoms with Gasteiger partial charge in [0.25, 0.3) is 5.91 Å². The van der Waals surface area contributed by atoms with Gasteiger partial charge in [-0.25, -0.2) is 9.78 Å². The second-order valence-electron chi connectivity index (χ2n) is 7.29. The van der Waals surface area contributed by atoms with Crippen molar-refractivity contribution in [3.8, 4) is 0 Å². The van der Waals surface area contributed by atoms with E-state index in [4.69, 9.17) is 27.9 Å². The highest BCUT2D eigenvalue weighted by molar-refractivity contribution is 8.00.